The second-order valence-electron chi connectivity index (χ2n) is 4.37. The van der Waals surface area contributed by atoms with Crippen LogP contribution >= 0.6 is 0 Å². The van der Waals surface area contributed by atoms with Crippen LogP contribution in [0.25, 0.3) is 0 Å². The molecule has 0 aliphatic rings. The molecule has 0 fully saturated rings. The molecule has 1 rings (SSSR count). The molecule has 0 spiro atoms. The minimum Gasteiger partial charge on any atom is -0.872 e. The van der Waals surface area contributed by atoms with Gasteiger partial charge in [-0.15, -0.1) is 5.75 Å². The number of hydrogen-bond donors (Lipinski definition) is 2. The van der Waals surface area contributed by atoms with Crippen LogP contribution in [-0.4, -0.2) is 36.3 Å². The molecule has 0 aliphatic heterocycles. The van der Waals surface area contributed by atoms with Gasteiger partial charge in [-0.2, -0.15) is 0 Å². The first-order chi connectivity index (χ1) is 9.17. The fourth-order valence-corrected chi connectivity index (χ4v) is 2.03. The Morgan fingerprint density at radius 3 is 2.33 bits per heavy atom. The van der Waals surface area contributed by atoms with E-state index in [1.165, 1.54) is 31.2 Å². The molecular formula is C12H15CuNO6Si. The van der Waals surface area contributed by atoms with Gasteiger partial charge in [0.2, 0.25) is 0 Å². The first-order valence-corrected chi connectivity index (χ1v) is 8.12. The Bertz CT molecular complexity index is 495. The Labute approximate surface area is 133 Å². The molecule has 1 atom stereocenters. The van der Waals surface area contributed by atoms with Crippen LogP contribution in [0.1, 0.15) is 12.5 Å². The van der Waals surface area contributed by atoms with E-state index in [-0.39, 0.29) is 29.2 Å². The second kappa shape index (κ2) is 8.16. The van der Waals surface area contributed by atoms with Gasteiger partial charge in [-0.1, -0.05) is 24.3 Å². The second-order valence-corrected chi connectivity index (χ2v) is 6.44. The van der Waals surface area contributed by atoms with E-state index in [0.717, 1.165) is 6.55 Å². The summed E-state index contributed by atoms with van der Waals surface area (Å²) in [4.78, 5) is 33.7. The topological polar surface area (TPSA) is 125 Å². The molecule has 1 aromatic rings. The molecule has 2 N–H and O–H groups in total. The zero-order valence-corrected chi connectivity index (χ0v) is 13.3. The minimum absolute atomic E-state index is 0. The van der Waals surface area contributed by atoms with E-state index in [2.05, 4.69) is 9.42 Å². The molecule has 0 heterocycles. The maximum Gasteiger partial charge on any atom is 2.00 e. The van der Waals surface area contributed by atoms with Gasteiger partial charge in [0.05, 0.1) is 0 Å². The number of nitrogens with zero attached hydrogens (tertiary/aromatic N) is 1. The summed E-state index contributed by atoms with van der Waals surface area (Å²) in [6.07, 6.45) is 0.0309. The number of benzene rings is 1. The van der Waals surface area contributed by atoms with Gasteiger partial charge in [0.1, 0.15) is 6.04 Å². The number of carbonyl (C=O) groups excluding carboxylic acids is 1. The molecule has 0 saturated heterocycles. The summed E-state index contributed by atoms with van der Waals surface area (Å²) in [6.45, 7) is 2.18. The van der Waals surface area contributed by atoms with Crippen LogP contribution in [0, 0.1) is 0 Å². The van der Waals surface area contributed by atoms with E-state index in [1.54, 1.807) is 0 Å². The summed E-state index contributed by atoms with van der Waals surface area (Å²) >= 11 is 0. The molecule has 1 radical (unpaired) electrons. The van der Waals surface area contributed by atoms with Crippen LogP contribution in [-0.2, 0) is 32.7 Å². The fourth-order valence-electron chi connectivity index (χ4n) is 1.51. The summed E-state index contributed by atoms with van der Waals surface area (Å²) in [5.41, 5.74) is 0.607. The molecule has 0 unspecified atom stereocenters. The van der Waals surface area contributed by atoms with E-state index in [9.17, 15) is 15.0 Å². The smallest absolute Gasteiger partial charge is 0.872 e. The van der Waals surface area contributed by atoms with Gasteiger partial charge in [-0.3, -0.25) is 9.79 Å². The van der Waals surface area contributed by atoms with Crippen LogP contribution in [0.5, 0.6) is 5.75 Å². The standard InChI is InChI=1S/C12H17NO6Si.Cu/c1-8(14)13-11(12(16)19-20(2,17)18)7-9-3-5-10(15)6-4-9;/h3-6,11,15,17-18H,7H2,1-2H3,(H,13,14);/q;+2/p-2/t11-;/m0./s1. The van der Waals surface area contributed by atoms with Crippen molar-refractivity contribution >= 4 is 20.7 Å². The van der Waals surface area contributed by atoms with Gasteiger partial charge in [0.25, 0.3) is 0 Å². The molecule has 119 valence electrons. The summed E-state index contributed by atoms with van der Waals surface area (Å²) in [5, 5.41) is 22.0. The average molecular weight is 361 g/mol. The van der Waals surface area contributed by atoms with Crippen molar-refractivity contribution in [1.29, 1.82) is 0 Å². The monoisotopic (exact) mass is 360 g/mol. The summed E-state index contributed by atoms with van der Waals surface area (Å²) in [6, 6.07) is 4.49. The predicted molar refractivity (Wildman–Crippen MR) is 68.6 cm³/mol. The number of hydrogen-bond acceptors (Lipinski definition) is 7. The van der Waals surface area contributed by atoms with Crippen LogP contribution in [0.2, 0.25) is 6.55 Å². The summed E-state index contributed by atoms with van der Waals surface area (Å²) in [5.74, 6) is -1.74. The van der Waals surface area contributed by atoms with Crippen molar-refractivity contribution < 1.29 is 46.1 Å². The molecule has 0 amide bonds. The molecule has 0 aromatic heterocycles. The average Bonchev–Trinajstić information content (AvgIpc) is 2.28. The van der Waals surface area contributed by atoms with Crippen molar-refractivity contribution in [3.8, 4) is 5.75 Å². The van der Waals surface area contributed by atoms with Crippen molar-refractivity contribution in [2.24, 2.45) is 4.99 Å². The summed E-state index contributed by atoms with van der Waals surface area (Å²) < 4.78 is 4.50. The van der Waals surface area contributed by atoms with Crippen molar-refractivity contribution in [3.63, 3.8) is 0 Å². The van der Waals surface area contributed by atoms with Crippen molar-refractivity contribution in [3.05, 3.63) is 29.8 Å². The zero-order valence-electron chi connectivity index (χ0n) is 11.4. The van der Waals surface area contributed by atoms with E-state index < -0.39 is 26.7 Å². The maximum absolute atomic E-state index is 11.8. The third kappa shape index (κ3) is 7.83. The fraction of sp³-hybridized carbons (Fsp3) is 0.333. The third-order valence-corrected chi connectivity index (χ3v) is 2.84. The van der Waals surface area contributed by atoms with Gasteiger partial charge in [0.15, 0.2) is 0 Å². The van der Waals surface area contributed by atoms with Gasteiger partial charge < -0.3 is 24.2 Å². The Balaban J connectivity index is 0.00000400. The quantitative estimate of drug-likeness (QED) is 0.375. The first kappa shape index (κ1) is 19.6. The molecule has 9 heteroatoms. The number of rotatable bonds is 5. The third-order valence-electron chi connectivity index (χ3n) is 2.26. The van der Waals surface area contributed by atoms with E-state index >= 15 is 0 Å². The van der Waals surface area contributed by atoms with Crippen molar-refractivity contribution in [2.45, 2.75) is 25.9 Å². The molecule has 7 nitrogen and oxygen atoms in total. The van der Waals surface area contributed by atoms with Crippen LogP contribution in [0.15, 0.2) is 29.3 Å². The Morgan fingerprint density at radius 2 is 1.90 bits per heavy atom. The van der Waals surface area contributed by atoms with Crippen molar-refractivity contribution in [1.82, 2.24) is 0 Å². The normalized spacial score (nSPS) is 13.2. The molecule has 21 heavy (non-hydrogen) atoms. The van der Waals surface area contributed by atoms with Gasteiger partial charge >= 0.3 is 31.8 Å². The SMILES string of the molecule is CC([O-])=N[C@@H](Cc1ccc([O-])cc1)C(=O)O[Si](C)(O)O.[Cu+2]. The molecule has 0 aliphatic carbocycles. The molecule has 1 aromatic carbocycles. The Morgan fingerprint density at radius 1 is 1.38 bits per heavy atom. The molecule has 0 bridgehead atoms. The van der Waals surface area contributed by atoms with Gasteiger partial charge in [-0.25, -0.2) is 0 Å². The first-order valence-electron chi connectivity index (χ1n) is 5.82. The van der Waals surface area contributed by atoms with Crippen LogP contribution < -0.4 is 10.2 Å². The van der Waals surface area contributed by atoms with E-state index in [4.69, 9.17) is 9.59 Å². The number of aliphatic imine (C=N–C) groups is 1. The van der Waals surface area contributed by atoms with Gasteiger partial charge in [-0.05, 0) is 18.4 Å². The number of carbonyl (C=O) groups is 1. The molecular weight excluding hydrogens is 346 g/mol. The zero-order chi connectivity index (χ0) is 15.3. The predicted octanol–water partition coefficient (Wildman–Crippen LogP) is -1.46. The molecule has 0 saturated carbocycles. The van der Waals surface area contributed by atoms with Crippen LogP contribution in [0.4, 0.5) is 0 Å². The Kier molecular flexibility index (Phi) is 7.62. The summed E-state index contributed by atoms with van der Waals surface area (Å²) in [7, 11) is -4.03. The van der Waals surface area contributed by atoms with Crippen LogP contribution in [0.3, 0.4) is 0 Å². The van der Waals surface area contributed by atoms with E-state index in [1.807, 2.05) is 0 Å². The van der Waals surface area contributed by atoms with Crippen molar-refractivity contribution in [2.75, 3.05) is 0 Å². The van der Waals surface area contributed by atoms with Gasteiger partial charge in [0, 0.05) is 13.0 Å². The van der Waals surface area contributed by atoms with E-state index in [0.29, 0.717) is 5.56 Å². The largest absolute Gasteiger partial charge is 2.00 e. The minimum atomic E-state index is -4.03. The Hall–Kier alpha value is -1.38. The maximum atomic E-state index is 11.8.